The Kier molecular flexibility index (Phi) is 5.78. The van der Waals surface area contributed by atoms with Crippen molar-refractivity contribution >= 4 is 46.3 Å². The molecular formula is C18H26N5O3S+. The van der Waals surface area contributed by atoms with Crippen LogP contribution in [0.5, 0.6) is 0 Å². The number of rotatable bonds is 3. The van der Waals surface area contributed by atoms with Gasteiger partial charge in [-0.15, -0.1) is 0 Å². The molecule has 8 nitrogen and oxygen atoms in total. The van der Waals surface area contributed by atoms with Gasteiger partial charge < -0.3 is 4.90 Å². The lowest BCUT2D eigenvalue weighted by Crippen LogP contribution is -2.55. The number of piperidine rings is 1. The van der Waals surface area contributed by atoms with E-state index in [2.05, 4.69) is 9.98 Å². The van der Waals surface area contributed by atoms with Crippen LogP contribution in [0.2, 0.25) is 0 Å². The van der Waals surface area contributed by atoms with Crippen LogP contribution in [0.4, 0.5) is 4.79 Å². The Labute approximate surface area is 163 Å². The Morgan fingerprint density at radius 3 is 2.52 bits per heavy atom. The van der Waals surface area contributed by atoms with Crippen molar-refractivity contribution in [3.63, 3.8) is 0 Å². The van der Waals surface area contributed by atoms with E-state index < -0.39 is 11.9 Å². The van der Waals surface area contributed by atoms with Gasteiger partial charge in [0.1, 0.15) is 5.04 Å². The summed E-state index contributed by atoms with van der Waals surface area (Å²) in [4.78, 5) is 49.6. The predicted molar refractivity (Wildman–Crippen MR) is 105 cm³/mol. The van der Waals surface area contributed by atoms with E-state index in [-0.39, 0.29) is 23.5 Å². The van der Waals surface area contributed by atoms with Crippen molar-refractivity contribution in [2.75, 3.05) is 32.9 Å². The molecule has 9 heteroatoms. The van der Waals surface area contributed by atoms with Gasteiger partial charge in [-0.1, -0.05) is 30.6 Å². The van der Waals surface area contributed by atoms with Gasteiger partial charge >= 0.3 is 11.9 Å². The summed E-state index contributed by atoms with van der Waals surface area (Å²) in [5, 5.41) is 0.547. The Balaban J connectivity index is 1.86. The second-order valence-electron chi connectivity index (χ2n) is 7.33. The van der Waals surface area contributed by atoms with Gasteiger partial charge in [-0.3, -0.25) is 9.59 Å². The zero-order chi connectivity index (χ0) is 19.7. The summed E-state index contributed by atoms with van der Waals surface area (Å²) in [7, 11) is 3.07. The monoisotopic (exact) mass is 392 g/mol. The highest BCUT2D eigenvalue weighted by Gasteiger charge is 2.49. The smallest absolute Gasteiger partial charge is 0.342 e. The minimum absolute atomic E-state index is 0.0464. The Morgan fingerprint density at radius 2 is 1.89 bits per heavy atom. The SMILES string of the molecule is CC(C)C1=NC2=[N+](C)C(=O)N(C)C(=O)C2C(SCC(=O)N2CCCCC2)=N1. The molecule has 1 atom stereocenters. The molecule has 0 aromatic heterocycles. The highest BCUT2D eigenvalue weighted by atomic mass is 32.2. The van der Waals surface area contributed by atoms with Crippen molar-refractivity contribution in [3.05, 3.63) is 0 Å². The maximum atomic E-state index is 12.7. The molecule has 0 aromatic rings. The number of amidine groups is 2. The van der Waals surface area contributed by atoms with Crippen molar-refractivity contribution in [3.8, 4) is 0 Å². The molecule has 3 aliphatic rings. The molecule has 3 heterocycles. The third kappa shape index (κ3) is 3.83. The molecule has 1 fully saturated rings. The normalized spacial score (nSPS) is 23.5. The van der Waals surface area contributed by atoms with Crippen LogP contribution in [0.3, 0.4) is 0 Å². The van der Waals surface area contributed by atoms with Crippen LogP contribution >= 0.6 is 11.8 Å². The van der Waals surface area contributed by atoms with E-state index in [0.29, 0.717) is 16.7 Å². The van der Waals surface area contributed by atoms with Crippen molar-refractivity contribution in [2.24, 2.45) is 21.8 Å². The largest absolute Gasteiger partial charge is 0.445 e. The highest BCUT2D eigenvalue weighted by molar-refractivity contribution is 8.14. The van der Waals surface area contributed by atoms with Gasteiger partial charge in [-0.05, 0) is 19.3 Å². The lowest BCUT2D eigenvalue weighted by Gasteiger charge is -2.28. The van der Waals surface area contributed by atoms with E-state index in [1.54, 1.807) is 7.05 Å². The molecule has 27 heavy (non-hydrogen) atoms. The first-order chi connectivity index (χ1) is 12.8. The zero-order valence-corrected chi connectivity index (χ0v) is 17.1. The molecule has 0 N–H and O–H groups in total. The summed E-state index contributed by atoms with van der Waals surface area (Å²) < 4.78 is 1.40. The molecule has 0 aliphatic carbocycles. The van der Waals surface area contributed by atoms with E-state index in [0.717, 1.165) is 30.8 Å². The van der Waals surface area contributed by atoms with Gasteiger partial charge in [0.25, 0.3) is 5.84 Å². The second kappa shape index (κ2) is 7.92. The quantitative estimate of drug-likeness (QED) is 0.681. The zero-order valence-electron chi connectivity index (χ0n) is 16.3. The van der Waals surface area contributed by atoms with Crippen molar-refractivity contribution < 1.29 is 19.0 Å². The van der Waals surface area contributed by atoms with Crippen LogP contribution in [-0.4, -0.2) is 81.9 Å². The van der Waals surface area contributed by atoms with Crippen molar-refractivity contribution in [2.45, 2.75) is 33.1 Å². The fourth-order valence-corrected chi connectivity index (χ4v) is 4.32. The molecule has 1 saturated heterocycles. The highest BCUT2D eigenvalue weighted by Crippen LogP contribution is 2.27. The topological polar surface area (TPSA) is 85.4 Å². The average molecular weight is 393 g/mol. The van der Waals surface area contributed by atoms with E-state index in [1.165, 1.54) is 29.8 Å². The van der Waals surface area contributed by atoms with Gasteiger partial charge in [-0.2, -0.15) is 9.48 Å². The summed E-state index contributed by atoms with van der Waals surface area (Å²) in [5.74, 6) is 0.253. The summed E-state index contributed by atoms with van der Waals surface area (Å²) in [5.41, 5.74) is 0. The number of fused-ring (bicyclic) bond motifs is 1. The van der Waals surface area contributed by atoms with Crippen LogP contribution in [0, 0.1) is 11.8 Å². The Hall–Kier alpha value is -2.03. The van der Waals surface area contributed by atoms with Crippen LogP contribution in [0.1, 0.15) is 33.1 Å². The van der Waals surface area contributed by atoms with Gasteiger partial charge in [0.05, 0.1) is 19.8 Å². The number of imide groups is 1. The summed E-state index contributed by atoms with van der Waals surface area (Å²) in [6.45, 7) is 5.51. The molecule has 0 aromatic carbocycles. The van der Waals surface area contributed by atoms with Gasteiger partial charge in [0.2, 0.25) is 11.7 Å². The average Bonchev–Trinajstić information content (AvgIpc) is 2.68. The number of likely N-dealkylation sites (tertiary alicyclic amines) is 1. The minimum atomic E-state index is -0.723. The molecule has 146 valence electrons. The maximum absolute atomic E-state index is 12.7. The Morgan fingerprint density at radius 1 is 1.22 bits per heavy atom. The lowest BCUT2D eigenvalue weighted by atomic mass is 10.0. The number of carbonyl (C=O) groups is 3. The number of aliphatic imine (C=N–C) groups is 2. The third-order valence-corrected chi connectivity index (χ3v) is 6.04. The fourth-order valence-electron chi connectivity index (χ4n) is 3.33. The summed E-state index contributed by atoms with van der Waals surface area (Å²) in [6.07, 6.45) is 3.25. The first-order valence-corrected chi connectivity index (χ1v) is 10.3. The molecule has 3 aliphatic heterocycles. The van der Waals surface area contributed by atoms with Gasteiger partial charge in [0.15, 0.2) is 5.92 Å². The number of hydrogen-bond acceptors (Lipinski definition) is 6. The van der Waals surface area contributed by atoms with E-state index >= 15 is 0 Å². The maximum Gasteiger partial charge on any atom is 0.445 e. The number of amides is 4. The summed E-state index contributed by atoms with van der Waals surface area (Å²) >= 11 is 1.29. The summed E-state index contributed by atoms with van der Waals surface area (Å²) in [6, 6.07) is -0.409. The lowest BCUT2D eigenvalue weighted by molar-refractivity contribution is -0.407. The fraction of sp³-hybridized carbons (Fsp3) is 0.667. The molecule has 0 bridgehead atoms. The van der Waals surface area contributed by atoms with E-state index in [9.17, 15) is 14.4 Å². The third-order valence-electron chi connectivity index (χ3n) is 5.02. The number of urea groups is 1. The van der Waals surface area contributed by atoms with Crippen LogP contribution in [0.15, 0.2) is 9.98 Å². The standard InChI is InChI=1S/C18H26N5O3S/c1-11(2)14-19-15-13(17(25)22(4)18(26)21(15)3)16(20-14)27-10-12(24)23-8-6-5-7-9-23/h11,13H,5-10H2,1-4H3/q+1. The van der Waals surface area contributed by atoms with E-state index in [1.807, 2.05) is 18.7 Å². The van der Waals surface area contributed by atoms with Gasteiger partial charge in [0, 0.05) is 19.0 Å². The molecule has 3 rings (SSSR count). The number of carbonyl (C=O) groups excluding carboxylic acids is 3. The molecule has 4 amide bonds. The van der Waals surface area contributed by atoms with Gasteiger partial charge in [-0.25, -0.2) is 9.79 Å². The molecule has 0 radical (unpaired) electrons. The first-order valence-electron chi connectivity index (χ1n) is 9.31. The number of nitrogens with zero attached hydrogens (tertiary/aromatic N) is 5. The number of thioether (sulfide) groups is 1. The molecule has 0 saturated carbocycles. The van der Waals surface area contributed by atoms with E-state index in [4.69, 9.17) is 0 Å². The number of hydrogen-bond donors (Lipinski definition) is 0. The van der Waals surface area contributed by atoms with Crippen LogP contribution in [-0.2, 0) is 9.59 Å². The van der Waals surface area contributed by atoms with Crippen LogP contribution in [0.25, 0.3) is 0 Å². The minimum Gasteiger partial charge on any atom is -0.342 e. The molecule has 1 unspecified atom stereocenters. The molecular weight excluding hydrogens is 366 g/mol. The molecule has 0 spiro atoms. The van der Waals surface area contributed by atoms with Crippen molar-refractivity contribution in [1.29, 1.82) is 0 Å². The Bertz CT molecular complexity index is 765. The first kappa shape index (κ1) is 19.7. The second-order valence-corrected chi connectivity index (χ2v) is 8.33. The van der Waals surface area contributed by atoms with Crippen molar-refractivity contribution in [1.82, 2.24) is 9.80 Å². The predicted octanol–water partition coefficient (Wildman–Crippen LogP) is 1.45. The van der Waals surface area contributed by atoms with Crippen LogP contribution < -0.4 is 0 Å².